The molecule has 0 aromatic heterocycles. The number of hydrogen-bond donors (Lipinski definition) is 1. The van der Waals surface area contributed by atoms with Crippen molar-refractivity contribution in [2.75, 3.05) is 6.61 Å². The van der Waals surface area contributed by atoms with Crippen LogP contribution in [0.25, 0.3) is 0 Å². The Balaban J connectivity index is 1.34. The van der Waals surface area contributed by atoms with E-state index in [1.807, 2.05) is 0 Å². The van der Waals surface area contributed by atoms with Gasteiger partial charge in [-0.1, -0.05) is 31.6 Å². The van der Waals surface area contributed by atoms with Crippen LogP contribution in [-0.2, 0) is 9.47 Å². The Hall–Kier alpha value is -0.640. The van der Waals surface area contributed by atoms with Crippen LogP contribution in [0.2, 0.25) is 0 Å². The molecule has 0 aromatic carbocycles. The molecule has 1 aliphatic heterocycles. The lowest BCUT2D eigenvalue weighted by atomic mass is 9.48. The molecule has 4 fully saturated rings. The number of rotatable bonds is 2. The fourth-order valence-corrected chi connectivity index (χ4v) is 8.16. The van der Waals surface area contributed by atoms with Crippen molar-refractivity contribution in [1.82, 2.24) is 0 Å². The van der Waals surface area contributed by atoms with Crippen molar-refractivity contribution in [2.45, 2.75) is 103 Å². The maximum absolute atomic E-state index is 10.8. The molecule has 1 saturated heterocycles. The van der Waals surface area contributed by atoms with Gasteiger partial charge in [-0.2, -0.15) is 0 Å². The summed E-state index contributed by atoms with van der Waals surface area (Å²) in [6, 6.07) is 0. The predicted octanol–water partition coefficient (Wildman–Crippen LogP) is 5.78. The van der Waals surface area contributed by atoms with Crippen LogP contribution in [-0.4, -0.2) is 30.2 Å². The van der Waals surface area contributed by atoms with Crippen LogP contribution in [0.1, 0.15) is 85.0 Å². The second-order valence-corrected chi connectivity index (χ2v) is 11.0. The zero-order chi connectivity index (χ0) is 20.2. The van der Waals surface area contributed by atoms with Crippen LogP contribution in [0, 0.1) is 28.6 Å². The summed E-state index contributed by atoms with van der Waals surface area (Å²) >= 11 is 0. The topological polar surface area (TPSA) is 38.7 Å². The van der Waals surface area contributed by atoms with Crippen molar-refractivity contribution in [1.29, 1.82) is 0 Å². The molecule has 0 spiro atoms. The van der Waals surface area contributed by atoms with Crippen molar-refractivity contribution in [3.05, 3.63) is 23.3 Å². The molecule has 162 valence electrons. The van der Waals surface area contributed by atoms with Gasteiger partial charge in [-0.15, -0.1) is 0 Å². The second kappa shape index (κ2) is 7.50. The van der Waals surface area contributed by atoms with Gasteiger partial charge in [0, 0.05) is 6.61 Å². The Morgan fingerprint density at radius 3 is 2.69 bits per heavy atom. The molecule has 3 heteroatoms. The predicted molar refractivity (Wildman–Crippen MR) is 115 cm³/mol. The van der Waals surface area contributed by atoms with Crippen LogP contribution in [0.3, 0.4) is 0 Å². The highest BCUT2D eigenvalue weighted by Gasteiger charge is 2.59. The van der Waals surface area contributed by atoms with Gasteiger partial charge in [0.15, 0.2) is 6.29 Å². The molecule has 3 nitrogen and oxygen atoms in total. The SMILES string of the molecule is C/C=C1\[C@H](O)C[C@H]2[C@@H]3CC=C4C[C@@H](OC5CCCCO5)CC[C@]4(C)[C@H]3CC[C@]12C. The minimum atomic E-state index is -0.216. The van der Waals surface area contributed by atoms with Crippen LogP contribution in [0.15, 0.2) is 23.3 Å². The molecule has 4 aliphatic carbocycles. The number of ether oxygens (including phenoxy) is 2. The van der Waals surface area contributed by atoms with Crippen LogP contribution in [0.5, 0.6) is 0 Å². The molecule has 1 N–H and O–H groups in total. The molecule has 29 heavy (non-hydrogen) atoms. The van der Waals surface area contributed by atoms with Crippen molar-refractivity contribution >= 4 is 0 Å². The van der Waals surface area contributed by atoms with Crippen molar-refractivity contribution < 1.29 is 14.6 Å². The largest absolute Gasteiger partial charge is 0.389 e. The summed E-state index contributed by atoms with van der Waals surface area (Å²) in [5.74, 6) is 2.14. The molecule has 3 saturated carbocycles. The van der Waals surface area contributed by atoms with E-state index in [0.29, 0.717) is 17.4 Å². The average molecular weight is 401 g/mol. The molecule has 8 atom stereocenters. The molecule has 5 rings (SSSR count). The van der Waals surface area contributed by atoms with E-state index in [1.165, 1.54) is 50.5 Å². The summed E-state index contributed by atoms with van der Waals surface area (Å²) in [7, 11) is 0. The van der Waals surface area contributed by atoms with Crippen LogP contribution in [0.4, 0.5) is 0 Å². The van der Waals surface area contributed by atoms with Gasteiger partial charge in [0.2, 0.25) is 0 Å². The van der Waals surface area contributed by atoms with Gasteiger partial charge >= 0.3 is 0 Å². The van der Waals surface area contributed by atoms with Crippen molar-refractivity contribution in [3.63, 3.8) is 0 Å². The van der Waals surface area contributed by atoms with Gasteiger partial charge in [0.1, 0.15) is 0 Å². The lowest BCUT2D eigenvalue weighted by molar-refractivity contribution is -0.195. The van der Waals surface area contributed by atoms with E-state index in [9.17, 15) is 5.11 Å². The summed E-state index contributed by atoms with van der Waals surface area (Å²) in [6.45, 7) is 7.97. The van der Waals surface area contributed by atoms with Gasteiger partial charge in [-0.05, 0) is 105 Å². The highest BCUT2D eigenvalue weighted by molar-refractivity contribution is 5.31. The Morgan fingerprint density at radius 1 is 1.10 bits per heavy atom. The van der Waals surface area contributed by atoms with Gasteiger partial charge < -0.3 is 14.6 Å². The summed E-state index contributed by atoms with van der Waals surface area (Å²) < 4.78 is 12.2. The summed E-state index contributed by atoms with van der Waals surface area (Å²) in [6.07, 6.45) is 16.7. The van der Waals surface area contributed by atoms with E-state index in [1.54, 1.807) is 5.57 Å². The number of fused-ring (bicyclic) bond motifs is 5. The minimum Gasteiger partial charge on any atom is -0.389 e. The first-order valence-electron chi connectivity index (χ1n) is 12.3. The molecule has 0 bridgehead atoms. The monoisotopic (exact) mass is 400 g/mol. The number of aliphatic hydroxyl groups excluding tert-OH is 1. The third kappa shape index (κ3) is 3.18. The first-order chi connectivity index (χ1) is 14.0. The molecule has 5 aliphatic rings. The molecule has 1 heterocycles. The summed E-state index contributed by atoms with van der Waals surface area (Å²) in [5.41, 5.74) is 3.54. The summed E-state index contributed by atoms with van der Waals surface area (Å²) in [4.78, 5) is 0. The van der Waals surface area contributed by atoms with Crippen LogP contribution < -0.4 is 0 Å². The molecule has 0 aromatic rings. The Kier molecular flexibility index (Phi) is 5.24. The lowest BCUT2D eigenvalue weighted by Crippen LogP contribution is -2.50. The van der Waals surface area contributed by atoms with E-state index in [0.717, 1.165) is 37.7 Å². The molecular formula is C26H40O3. The average Bonchev–Trinajstić information content (AvgIpc) is 2.98. The van der Waals surface area contributed by atoms with E-state index in [2.05, 4.69) is 32.9 Å². The Morgan fingerprint density at radius 2 is 1.93 bits per heavy atom. The van der Waals surface area contributed by atoms with Crippen molar-refractivity contribution in [3.8, 4) is 0 Å². The number of allylic oxidation sites excluding steroid dienone is 2. The fourth-order valence-electron chi connectivity index (χ4n) is 8.16. The fraction of sp³-hybridized carbons (Fsp3) is 0.846. The van der Waals surface area contributed by atoms with Crippen molar-refractivity contribution in [2.24, 2.45) is 28.6 Å². The molecule has 0 radical (unpaired) electrons. The maximum Gasteiger partial charge on any atom is 0.157 e. The van der Waals surface area contributed by atoms with Crippen LogP contribution >= 0.6 is 0 Å². The molecular weight excluding hydrogens is 360 g/mol. The third-order valence-electron chi connectivity index (χ3n) is 9.74. The quantitative estimate of drug-likeness (QED) is 0.597. The van der Waals surface area contributed by atoms with Gasteiger partial charge in [-0.25, -0.2) is 0 Å². The molecule has 1 unspecified atom stereocenters. The summed E-state index contributed by atoms with van der Waals surface area (Å²) in [5, 5.41) is 10.8. The third-order valence-corrected chi connectivity index (χ3v) is 9.74. The first kappa shape index (κ1) is 20.3. The highest BCUT2D eigenvalue weighted by atomic mass is 16.7. The first-order valence-corrected chi connectivity index (χ1v) is 12.3. The highest BCUT2D eigenvalue weighted by Crippen LogP contribution is 2.66. The smallest absolute Gasteiger partial charge is 0.157 e. The normalized spacial score (nSPS) is 51.2. The minimum absolute atomic E-state index is 0.0321. The van der Waals surface area contributed by atoms with Gasteiger partial charge in [0.25, 0.3) is 0 Å². The molecule has 0 amide bonds. The second-order valence-electron chi connectivity index (χ2n) is 11.0. The van der Waals surface area contributed by atoms with E-state index < -0.39 is 0 Å². The Bertz CT molecular complexity index is 690. The van der Waals surface area contributed by atoms with E-state index in [-0.39, 0.29) is 17.8 Å². The van der Waals surface area contributed by atoms with Gasteiger partial charge in [-0.3, -0.25) is 0 Å². The lowest BCUT2D eigenvalue weighted by Gasteiger charge is -2.57. The zero-order valence-corrected chi connectivity index (χ0v) is 18.7. The standard InChI is InChI=1S/C26H40O3/c1-4-20-23(27)16-22-19-9-8-17-15-18(29-24-7-5-6-14-28-24)10-12-25(17,2)21(19)11-13-26(20,22)3/h4,8,18-19,21-24,27H,5-7,9-16H2,1-3H3/b20-4+/t18-,19+,21-,22-,23+,24?,25-,26+/m0/s1. The van der Waals surface area contributed by atoms with E-state index >= 15 is 0 Å². The number of aliphatic hydroxyl groups is 1. The zero-order valence-electron chi connectivity index (χ0n) is 18.7. The van der Waals surface area contributed by atoms with Gasteiger partial charge in [0.05, 0.1) is 12.2 Å². The maximum atomic E-state index is 10.8. The Labute approximate surface area is 176 Å². The van der Waals surface area contributed by atoms with E-state index in [4.69, 9.17) is 9.47 Å². The number of hydrogen-bond acceptors (Lipinski definition) is 3.